The van der Waals surface area contributed by atoms with E-state index in [0.717, 1.165) is 25.9 Å². The van der Waals surface area contributed by atoms with Crippen LogP contribution in [0.4, 0.5) is 0 Å². The molecule has 1 saturated carbocycles. The molecular weight excluding hydrogens is 228 g/mol. The molecular formula is C14H28O2Si. The van der Waals surface area contributed by atoms with Crippen LogP contribution in [-0.4, -0.2) is 20.7 Å². The molecule has 0 aliphatic heterocycles. The summed E-state index contributed by atoms with van der Waals surface area (Å²) in [5.74, 6) is 1.47. The molecule has 0 radical (unpaired) electrons. The third-order valence-corrected chi connectivity index (χ3v) is 9.14. The second kappa shape index (κ2) is 5.23. The molecule has 0 amide bonds. The predicted octanol–water partition coefficient (Wildman–Crippen LogP) is 4.01. The van der Waals surface area contributed by atoms with Gasteiger partial charge in [0.1, 0.15) is 5.78 Å². The maximum Gasteiger partial charge on any atom is 0.191 e. The van der Waals surface area contributed by atoms with Gasteiger partial charge in [0, 0.05) is 19.4 Å². The van der Waals surface area contributed by atoms with Crippen LogP contribution in [0.15, 0.2) is 0 Å². The van der Waals surface area contributed by atoms with Gasteiger partial charge in [-0.05, 0) is 30.0 Å². The van der Waals surface area contributed by atoms with Crippen LogP contribution in [0.25, 0.3) is 0 Å². The van der Waals surface area contributed by atoms with Crippen molar-refractivity contribution >= 4 is 14.1 Å². The monoisotopic (exact) mass is 256 g/mol. The minimum Gasteiger partial charge on any atom is -0.417 e. The van der Waals surface area contributed by atoms with Gasteiger partial charge in [0.05, 0.1) is 0 Å². The largest absolute Gasteiger partial charge is 0.417 e. The lowest BCUT2D eigenvalue weighted by atomic mass is 9.95. The first-order chi connectivity index (χ1) is 7.67. The summed E-state index contributed by atoms with van der Waals surface area (Å²) in [5, 5.41) is 0.261. The molecule has 0 aromatic heterocycles. The van der Waals surface area contributed by atoms with Crippen LogP contribution >= 0.6 is 0 Å². The van der Waals surface area contributed by atoms with Gasteiger partial charge in [0.2, 0.25) is 0 Å². The van der Waals surface area contributed by atoms with Gasteiger partial charge in [0.15, 0.2) is 8.32 Å². The van der Waals surface area contributed by atoms with E-state index >= 15 is 0 Å². The highest BCUT2D eigenvalue weighted by molar-refractivity contribution is 6.74. The number of hydrogen-bond acceptors (Lipinski definition) is 2. The smallest absolute Gasteiger partial charge is 0.191 e. The van der Waals surface area contributed by atoms with Crippen molar-refractivity contribution in [3.8, 4) is 0 Å². The number of rotatable bonds is 4. The van der Waals surface area contributed by atoms with E-state index in [2.05, 4.69) is 40.8 Å². The van der Waals surface area contributed by atoms with E-state index in [1.807, 2.05) is 0 Å². The zero-order chi connectivity index (χ0) is 13.3. The molecule has 3 heteroatoms. The molecule has 1 rings (SSSR count). The van der Waals surface area contributed by atoms with Gasteiger partial charge < -0.3 is 4.43 Å². The zero-order valence-electron chi connectivity index (χ0n) is 12.3. The summed E-state index contributed by atoms with van der Waals surface area (Å²) in [6, 6.07) is 0. The topological polar surface area (TPSA) is 26.3 Å². The Kier molecular flexibility index (Phi) is 4.58. The fourth-order valence-corrected chi connectivity index (χ4v) is 3.27. The number of Topliss-reactive ketones (excluding diaryl/α,β-unsaturated/α-hetero) is 1. The molecule has 0 spiro atoms. The molecule has 0 N–H and O–H groups in total. The highest BCUT2D eigenvalue weighted by Gasteiger charge is 2.39. The summed E-state index contributed by atoms with van der Waals surface area (Å²) in [7, 11) is -1.65. The van der Waals surface area contributed by atoms with E-state index < -0.39 is 8.32 Å². The Morgan fingerprint density at radius 2 is 1.76 bits per heavy atom. The first-order valence-corrected chi connectivity index (χ1v) is 9.74. The minimum atomic E-state index is -1.65. The van der Waals surface area contributed by atoms with Crippen molar-refractivity contribution in [1.82, 2.24) is 0 Å². The quantitative estimate of drug-likeness (QED) is 0.710. The third-order valence-electron chi connectivity index (χ3n) is 4.64. The van der Waals surface area contributed by atoms with Gasteiger partial charge in [-0.15, -0.1) is 0 Å². The van der Waals surface area contributed by atoms with Crippen LogP contribution in [0, 0.1) is 11.8 Å². The average Bonchev–Trinajstić information content (AvgIpc) is 2.54. The Morgan fingerprint density at radius 1 is 1.24 bits per heavy atom. The van der Waals surface area contributed by atoms with Crippen molar-refractivity contribution in [2.75, 3.05) is 6.61 Å². The predicted molar refractivity (Wildman–Crippen MR) is 74.7 cm³/mol. The van der Waals surface area contributed by atoms with Crippen LogP contribution < -0.4 is 0 Å². The Bertz CT molecular complexity index is 278. The molecule has 0 heterocycles. The number of ketones is 1. The number of carbonyl (C=O) groups excluding carboxylic acids is 1. The Balaban J connectivity index is 2.53. The Hall–Kier alpha value is -0.153. The van der Waals surface area contributed by atoms with Crippen molar-refractivity contribution in [2.24, 2.45) is 11.8 Å². The summed E-state index contributed by atoms with van der Waals surface area (Å²) < 4.78 is 6.24. The summed E-state index contributed by atoms with van der Waals surface area (Å²) in [6.07, 6.45) is 2.63. The summed E-state index contributed by atoms with van der Waals surface area (Å²) in [6.45, 7) is 14.3. The van der Waals surface area contributed by atoms with Crippen molar-refractivity contribution < 1.29 is 9.22 Å². The molecule has 100 valence electrons. The molecule has 2 unspecified atom stereocenters. The molecule has 1 aliphatic rings. The maximum absolute atomic E-state index is 11.5. The lowest BCUT2D eigenvalue weighted by molar-refractivity contribution is -0.117. The van der Waals surface area contributed by atoms with Crippen molar-refractivity contribution in [3.05, 3.63) is 0 Å². The van der Waals surface area contributed by atoms with Crippen LogP contribution in [0.5, 0.6) is 0 Å². The fraction of sp³-hybridized carbons (Fsp3) is 0.929. The zero-order valence-corrected chi connectivity index (χ0v) is 13.3. The highest BCUT2D eigenvalue weighted by atomic mass is 28.4. The Morgan fingerprint density at radius 3 is 2.24 bits per heavy atom. The van der Waals surface area contributed by atoms with E-state index in [9.17, 15) is 4.79 Å². The van der Waals surface area contributed by atoms with Crippen LogP contribution in [0.3, 0.4) is 0 Å². The normalized spacial score (nSPS) is 26.6. The molecule has 2 atom stereocenters. The number of carbonyl (C=O) groups is 1. The third kappa shape index (κ3) is 3.65. The first-order valence-electron chi connectivity index (χ1n) is 6.83. The van der Waals surface area contributed by atoms with Crippen LogP contribution in [0.1, 0.15) is 47.0 Å². The standard InChI is InChI=1S/C14H28O2Si/c1-7-11-8-13(15)9-12(11)10-16-17(5,6)14(2,3)4/h11-12H,7-10H2,1-6H3. The van der Waals surface area contributed by atoms with E-state index in [-0.39, 0.29) is 5.04 Å². The van der Waals surface area contributed by atoms with Crippen molar-refractivity contribution in [3.63, 3.8) is 0 Å². The van der Waals surface area contributed by atoms with Gasteiger partial charge >= 0.3 is 0 Å². The molecule has 0 aromatic rings. The van der Waals surface area contributed by atoms with E-state index in [1.165, 1.54) is 0 Å². The van der Waals surface area contributed by atoms with E-state index in [4.69, 9.17) is 4.43 Å². The molecule has 2 nitrogen and oxygen atoms in total. The first kappa shape index (κ1) is 14.9. The summed E-state index contributed by atoms with van der Waals surface area (Å²) in [4.78, 5) is 11.5. The SMILES string of the molecule is CCC1CC(=O)CC1CO[Si](C)(C)C(C)(C)C. The van der Waals surface area contributed by atoms with E-state index in [0.29, 0.717) is 17.6 Å². The molecule has 0 bridgehead atoms. The van der Waals surface area contributed by atoms with Gasteiger partial charge in [-0.3, -0.25) is 4.79 Å². The van der Waals surface area contributed by atoms with Crippen molar-refractivity contribution in [1.29, 1.82) is 0 Å². The molecule has 1 aliphatic carbocycles. The maximum atomic E-state index is 11.5. The summed E-state index contributed by atoms with van der Waals surface area (Å²) in [5.41, 5.74) is 0. The lowest BCUT2D eigenvalue weighted by Crippen LogP contribution is -2.42. The van der Waals surface area contributed by atoms with Crippen molar-refractivity contribution in [2.45, 2.75) is 65.1 Å². The second-order valence-corrected chi connectivity index (χ2v) is 11.8. The fourth-order valence-electron chi connectivity index (χ4n) is 2.21. The Labute approximate surface area is 107 Å². The molecule has 0 aromatic carbocycles. The molecule has 1 fully saturated rings. The lowest BCUT2D eigenvalue weighted by Gasteiger charge is -2.37. The minimum absolute atomic E-state index is 0.261. The molecule has 17 heavy (non-hydrogen) atoms. The average molecular weight is 256 g/mol. The van der Waals surface area contributed by atoms with Crippen LogP contribution in [0.2, 0.25) is 18.1 Å². The van der Waals surface area contributed by atoms with Gasteiger partial charge in [0.25, 0.3) is 0 Å². The highest BCUT2D eigenvalue weighted by Crippen LogP contribution is 2.39. The van der Waals surface area contributed by atoms with Gasteiger partial charge in [-0.1, -0.05) is 34.1 Å². The van der Waals surface area contributed by atoms with Crippen LogP contribution in [-0.2, 0) is 9.22 Å². The van der Waals surface area contributed by atoms with E-state index in [1.54, 1.807) is 0 Å². The second-order valence-electron chi connectivity index (χ2n) is 6.95. The van der Waals surface area contributed by atoms with Gasteiger partial charge in [-0.25, -0.2) is 0 Å². The summed E-state index contributed by atoms with van der Waals surface area (Å²) >= 11 is 0. The molecule has 0 saturated heterocycles. The van der Waals surface area contributed by atoms with Gasteiger partial charge in [-0.2, -0.15) is 0 Å². The number of hydrogen-bond donors (Lipinski definition) is 0.